The molecular weight excluding hydrogens is 204 g/mol. The second-order valence-electron chi connectivity index (χ2n) is 3.64. The number of ether oxygens (including phenoxy) is 2. The molecular formula is C10H9F2NO2. The van der Waals surface area contributed by atoms with Gasteiger partial charge in [0, 0.05) is 11.6 Å². The minimum absolute atomic E-state index is 0.109. The summed E-state index contributed by atoms with van der Waals surface area (Å²) in [6.07, 6.45) is -2.59. The Labute approximate surface area is 85.0 Å². The maximum absolute atomic E-state index is 12.8. The number of halogens is 2. The summed E-state index contributed by atoms with van der Waals surface area (Å²) in [7, 11) is 0. The Hall–Kier alpha value is -1.36. The molecule has 3 rings (SSSR count). The van der Waals surface area contributed by atoms with Gasteiger partial charge in [0.15, 0.2) is 11.5 Å². The van der Waals surface area contributed by atoms with Gasteiger partial charge in [0.25, 0.3) is 0 Å². The van der Waals surface area contributed by atoms with Crippen LogP contribution in [-0.4, -0.2) is 12.8 Å². The molecule has 0 bridgehead atoms. The summed E-state index contributed by atoms with van der Waals surface area (Å²) in [6, 6.07) is 5.06. The van der Waals surface area contributed by atoms with Crippen molar-refractivity contribution in [1.82, 2.24) is 5.32 Å². The smallest absolute Gasteiger partial charge is 0.395 e. The molecule has 0 radical (unpaired) electrons. The molecule has 1 aromatic rings. The lowest BCUT2D eigenvalue weighted by Gasteiger charge is -2.28. The van der Waals surface area contributed by atoms with Gasteiger partial charge in [0.05, 0.1) is 0 Å². The second kappa shape index (κ2) is 2.82. The highest BCUT2D eigenvalue weighted by atomic mass is 19.3. The van der Waals surface area contributed by atoms with Crippen LogP contribution in [0, 0.1) is 0 Å². The number of hydrogen-bond acceptors (Lipinski definition) is 3. The maximum atomic E-state index is 12.8. The zero-order valence-corrected chi connectivity index (χ0v) is 7.80. The van der Waals surface area contributed by atoms with Crippen LogP contribution in [0.2, 0.25) is 0 Å². The summed E-state index contributed by atoms with van der Waals surface area (Å²) >= 11 is 0. The molecule has 3 nitrogen and oxygen atoms in total. The number of fused-ring (bicyclic) bond motifs is 1. The summed E-state index contributed by atoms with van der Waals surface area (Å²) < 4.78 is 34.5. The van der Waals surface area contributed by atoms with E-state index in [0.717, 1.165) is 18.5 Å². The molecule has 80 valence electrons. The molecule has 0 aliphatic carbocycles. The third-order valence-corrected chi connectivity index (χ3v) is 2.66. The summed E-state index contributed by atoms with van der Waals surface area (Å²) in [5.41, 5.74) is 0.746. The fourth-order valence-corrected chi connectivity index (χ4v) is 1.82. The molecule has 2 aliphatic heterocycles. The number of alkyl halides is 2. The predicted octanol–water partition coefficient (Wildman–Crippen LogP) is 2.04. The van der Waals surface area contributed by atoms with Gasteiger partial charge in [-0.2, -0.15) is 0 Å². The van der Waals surface area contributed by atoms with Crippen LogP contribution in [0.15, 0.2) is 18.2 Å². The molecule has 0 unspecified atom stereocenters. The van der Waals surface area contributed by atoms with Gasteiger partial charge in [-0.15, -0.1) is 8.78 Å². The minimum atomic E-state index is -3.53. The van der Waals surface area contributed by atoms with E-state index < -0.39 is 6.29 Å². The number of nitrogens with one attached hydrogen (secondary N) is 1. The zero-order valence-electron chi connectivity index (χ0n) is 7.80. The molecule has 1 saturated heterocycles. The van der Waals surface area contributed by atoms with Crippen molar-refractivity contribution in [2.45, 2.75) is 18.8 Å². The number of para-hydroxylation sites is 1. The van der Waals surface area contributed by atoms with E-state index in [1.165, 1.54) is 6.07 Å². The van der Waals surface area contributed by atoms with Crippen molar-refractivity contribution in [3.63, 3.8) is 0 Å². The standard InChI is InChI=1S/C10H9F2NO2/c11-10(12)14-8-3-1-2-6(9(8)15-10)7-4-5-13-7/h1-3,7,13H,4-5H2/t7-/m0/s1. The molecule has 2 aliphatic rings. The van der Waals surface area contributed by atoms with Crippen molar-refractivity contribution in [2.24, 2.45) is 0 Å². The largest absolute Gasteiger partial charge is 0.586 e. The molecule has 0 amide bonds. The van der Waals surface area contributed by atoms with Crippen LogP contribution in [0.4, 0.5) is 8.78 Å². The Balaban J connectivity index is 2.01. The summed E-state index contributed by atoms with van der Waals surface area (Å²) in [5, 5.41) is 3.14. The van der Waals surface area contributed by atoms with Crippen molar-refractivity contribution >= 4 is 0 Å². The van der Waals surface area contributed by atoms with Gasteiger partial charge >= 0.3 is 6.29 Å². The van der Waals surface area contributed by atoms with E-state index in [-0.39, 0.29) is 17.5 Å². The van der Waals surface area contributed by atoms with E-state index in [0.29, 0.717) is 0 Å². The first kappa shape index (κ1) is 8.91. The first-order valence-corrected chi connectivity index (χ1v) is 4.78. The lowest BCUT2D eigenvalue weighted by Crippen LogP contribution is -2.35. The van der Waals surface area contributed by atoms with Gasteiger partial charge in [0.1, 0.15) is 0 Å². The lowest BCUT2D eigenvalue weighted by atomic mass is 9.97. The van der Waals surface area contributed by atoms with E-state index in [9.17, 15) is 8.78 Å². The van der Waals surface area contributed by atoms with E-state index in [1.807, 2.05) is 0 Å². The van der Waals surface area contributed by atoms with Crippen molar-refractivity contribution in [2.75, 3.05) is 6.54 Å². The van der Waals surface area contributed by atoms with E-state index in [1.54, 1.807) is 12.1 Å². The normalized spacial score (nSPS) is 26.1. The van der Waals surface area contributed by atoms with Crippen LogP contribution in [0.1, 0.15) is 18.0 Å². The first-order valence-electron chi connectivity index (χ1n) is 4.78. The van der Waals surface area contributed by atoms with Crippen molar-refractivity contribution < 1.29 is 18.3 Å². The van der Waals surface area contributed by atoms with Crippen LogP contribution >= 0.6 is 0 Å². The van der Waals surface area contributed by atoms with E-state index in [2.05, 4.69) is 14.8 Å². The number of rotatable bonds is 1. The van der Waals surface area contributed by atoms with Crippen molar-refractivity contribution in [3.8, 4) is 11.5 Å². The second-order valence-corrected chi connectivity index (χ2v) is 3.64. The average Bonchev–Trinajstić information content (AvgIpc) is 2.37. The Morgan fingerprint density at radius 3 is 2.80 bits per heavy atom. The fourth-order valence-electron chi connectivity index (χ4n) is 1.82. The first-order chi connectivity index (χ1) is 7.16. The quantitative estimate of drug-likeness (QED) is 0.774. The number of hydrogen-bond donors (Lipinski definition) is 1. The molecule has 0 saturated carbocycles. The van der Waals surface area contributed by atoms with E-state index in [4.69, 9.17) is 0 Å². The maximum Gasteiger partial charge on any atom is 0.586 e. The molecule has 2 heterocycles. The van der Waals surface area contributed by atoms with Crippen molar-refractivity contribution in [3.05, 3.63) is 23.8 Å². The molecule has 1 fully saturated rings. The zero-order chi connectivity index (χ0) is 10.5. The highest BCUT2D eigenvalue weighted by Crippen LogP contribution is 2.46. The van der Waals surface area contributed by atoms with Gasteiger partial charge in [-0.3, -0.25) is 0 Å². The lowest BCUT2D eigenvalue weighted by molar-refractivity contribution is -0.287. The fraction of sp³-hybridized carbons (Fsp3) is 0.400. The Morgan fingerprint density at radius 2 is 2.13 bits per heavy atom. The molecule has 1 N–H and O–H groups in total. The Kier molecular flexibility index (Phi) is 1.68. The summed E-state index contributed by atoms with van der Waals surface area (Å²) in [4.78, 5) is 0. The molecule has 0 spiro atoms. The third kappa shape index (κ3) is 1.34. The molecule has 5 heteroatoms. The predicted molar refractivity (Wildman–Crippen MR) is 48.0 cm³/mol. The number of benzene rings is 1. The molecule has 1 aromatic carbocycles. The Morgan fingerprint density at radius 1 is 1.33 bits per heavy atom. The van der Waals surface area contributed by atoms with Crippen molar-refractivity contribution in [1.29, 1.82) is 0 Å². The van der Waals surface area contributed by atoms with Crippen LogP contribution in [0.25, 0.3) is 0 Å². The SMILES string of the molecule is FC1(F)Oc2cccc([C@@H]3CCN3)c2O1. The van der Waals surface area contributed by atoms with Crippen LogP contribution in [-0.2, 0) is 0 Å². The third-order valence-electron chi connectivity index (χ3n) is 2.66. The minimum Gasteiger partial charge on any atom is -0.395 e. The molecule has 15 heavy (non-hydrogen) atoms. The van der Waals surface area contributed by atoms with Gasteiger partial charge < -0.3 is 14.8 Å². The van der Waals surface area contributed by atoms with Gasteiger partial charge in [0.2, 0.25) is 0 Å². The van der Waals surface area contributed by atoms with Crippen LogP contribution in [0.3, 0.4) is 0 Å². The van der Waals surface area contributed by atoms with Crippen LogP contribution in [0.5, 0.6) is 11.5 Å². The summed E-state index contributed by atoms with van der Waals surface area (Å²) in [5.74, 6) is 0.283. The van der Waals surface area contributed by atoms with Gasteiger partial charge in [-0.25, -0.2) is 0 Å². The molecule has 1 atom stereocenters. The monoisotopic (exact) mass is 213 g/mol. The van der Waals surface area contributed by atoms with Crippen LogP contribution < -0.4 is 14.8 Å². The van der Waals surface area contributed by atoms with E-state index >= 15 is 0 Å². The highest BCUT2D eigenvalue weighted by molar-refractivity contribution is 5.50. The topological polar surface area (TPSA) is 30.5 Å². The van der Waals surface area contributed by atoms with Gasteiger partial charge in [-0.05, 0) is 19.0 Å². The molecule has 0 aromatic heterocycles. The Bertz CT molecular complexity index is 404. The van der Waals surface area contributed by atoms with Gasteiger partial charge in [-0.1, -0.05) is 12.1 Å². The average molecular weight is 213 g/mol. The summed E-state index contributed by atoms with van der Waals surface area (Å²) in [6.45, 7) is 0.908. The highest BCUT2D eigenvalue weighted by Gasteiger charge is 2.45.